The van der Waals surface area contributed by atoms with Crippen LogP contribution in [0.5, 0.6) is 0 Å². The Morgan fingerprint density at radius 2 is 2.20 bits per heavy atom. The predicted octanol–water partition coefficient (Wildman–Crippen LogP) is 4.13. The van der Waals surface area contributed by atoms with Gasteiger partial charge in [-0.05, 0) is 59.5 Å². The zero-order valence-corrected chi connectivity index (χ0v) is 12.3. The number of rotatable bonds is 8. The molecule has 0 aliphatic heterocycles. The third kappa shape index (κ3) is 6.61. The minimum absolute atomic E-state index is 1.01. The Morgan fingerprint density at radius 1 is 1.33 bits per heavy atom. The van der Waals surface area contributed by atoms with E-state index in [4.69, 9.17) is 0 Å². The van der Waals surface area contributed by atoms with Crippen LogP contribution in [0.4, 0.5) is 0 Å². The molecule has 4 heteroatoms. The second kappa shape index (κ2) is 8.62. The Hall–Kier alpha value is 0.490. The number of halogens is 1. The van der Waals surface area contributed by atoms with Crippen LogP contribution in [0.15, 0.2) is 15.9 Å². The van der Waals surface area contributed by atoms with Gasteiger partial charge in [-0.3, -0.25) is 0 Å². The average Bonchev–Trinajstić information content (AvgIpc) is 2.63. The SMILES string of the molecule is CSCCCCCNCc1ccc(Br)s1. The van der Waals surface area contributed by atoms with Gasteiger partial charge < -0.3 is 5.32 Å². The molecule has 86 valence electrons. The van der Waals surface area contributed by atoms with Crippen LogP contribution < -0.4 is 5.32 Å². The molecule has 0 aromatic carbocycles. The number of thioether (sulfide) groups is 1. The summed E-state index contributed by atoms with van der Waals surface area (Å²) in [6.07, 6.45) is 6.18. The Labute approximate surface area is 109 Å². The number of nitrogens with one attached hydrogen (secondary N) is 1. The first-order valence-electron chi connectivity index (χ1n) is 5.27. The van der Waals surface area contributed by atoms with E-state index in [1.54, 1.807) is 0 Å². The molecule has 0 saturated heterocycles. The maximum absolute atomic E-state index is 3.47. The van der Waals surface area contributed by atoms with Crippen molar-refractivity contribution in [2.45, 2.75) is 25.8 Å². The van der Waals surface area contributed by atoms with E-state index in [0.29, 0.717) is 0 Å². The van der Waals surface area contributed by atoms with Crippen LogP contribution in [0.3, 0.4) is 0 Å². The first-order chi connectivity index (χ1) is 7.33. The second-order valence-corrected chi connectivity index (χ2v) is 6.97. The van der Waals surface area contributed by atoms with E-state index in [9.17, 15) is 0 Å². The molecule has 0 spiro atoms. The van der Waals surface area contributed by atoms with E-state index in [1.807, 2.05) is 23.1 Å². The lowest BCUT2D eigenvalue weighted by Crippen LogP contribution is -2.13. The van der Waals surface area contributed by atoms with Gasteiger partial charge in [-0.25, -0.2) is 0 Å². The topological polar surface area (TPSA) is 12.0 Å². The Balaban J connectivity index is 1.93. The van der Waals surface area contributed by atoms with Gasteiger partial charge in [0.2, 0.25) is 0 Å². The van der Waals surface area contributed by atoms with E-state index in [-0.39, 0.29) is 0 Å². The molecule has 1 rings (SSSR count). The van der Waals surface area contributed by atoms with Gasteiger partial charge in [0.15, 0.2) is 0 Å². The first kappa shape index (κ1) is 13.6. The summed E-state index contributed by atoms with van der Waals surface area (Å²) in [6.45, 7) is 2.16. The van der Waals surface area contributed by atoms with Gasteiger partial charge in [0, 0.05) is 11.4 Å². The van der Waals surface area contributed by atoms with Crippen molar-refractivity contribution in [2.75, 3.05) is 18.6 Å². The minimum Gasteiger partial charge on any atom is -0.312 e. The third-order valence-corrected chi connectivity index (χ3v) is 4.45. The molecular formula is C11H18BrNS2. The highest BCUT2D eigenvalue weighted by atomic mass is 79.9. The highest BCUT2D eigenvalue weighted by Crippen LogP contribution is 2.21. The van der Waals surface area contributed by atoms with Crippen LogP contribution in [0.2, 0.25) is 0 Å². The Bertz CT molecular complexity index is 263. The standard InChI is InChI=1S/C11H18BrNS2/c1-14-8-4-2-3-7-13-9-10-5-6-11(12)15-10/h5-6,13H,2-4,7-9H2,1H3. The summed E-state index contributed by atoms with van der Waals surface area (Å²) in [4.78, 5) is 1.41. The normalized spacial score (nSPS) is 10.8. The van der Waals surface area contributed by atoms with E-state index in [1.165, 1.54) is 33.7 Å². The van der Waals surface area contributed by atoms with E-state index >= 15 is 0 Å². The van der Waals surface area contributed by atoms with Crippen LogP contribution in [0.1, 0.15) is 24.1 Å². The summed E-state index contributed by atoms with van der Waals surface area (Å²) in [5, 5.41) is 3.47. The van der Waals surface area contributed by atoms with Crippen molar-refractivity contribution in [3.05, 3.63) is 20.8 Å². The molecule has 0 fully saturated rings. The number of thiophene rings is 1. The monoisotopic (exact) mass is 307 g/mol. The van der Waals surface area contributed by atoms with E-state index in [2.05, 4.69) is 39.6 Å². The van der Waals surface area contributed by atoms with Crippen LogP contribution in [-0.4, -0.2) is 18.6 Å². The Kier molecular flexibility index (Phi) is 7.79. The summed E-state index contributed by atoms with van der Waals surface area (Å²) in [5.74, 6) is 1.30. The molecular weight excluding hydrogens is 290 g/mol. The lowest BCUT2D eigenvalue weighted by molar-refractivity contribution is 0.622. The van der Waals surface area contributed by atoms with Gasteiger partial charge >= 0.3 is 0 Å². The third-order valence-electron chi connectivity index (χ3n) is 2.13. The summed E-state index contributed by atoms with van der Waals surface area (Å²) in [6, 6.07) is 4.29. The molecule has 1 aromatic heterocycles. The van der Waals surface area contributed by atoms with Crippen molar-refractivity contribution in [3.8, 4) is 0 Å². The van der Waals surface area contributed by atoms with Crippen molar-refractivity contribution in [2.24, 2.45) is 0 Å². The highest BCUT2D eigenvalue weighted by molar-refractivity contribution is 9.11. The van der Waals surface area contributed by atoms with Crippen molar-refractivity contribution < 1.29 is 0 Å². The second-order valence-electron chi connectivity index (χ2n) is 3.44. The molecule has 0 amide bonds. The fourth-order valence-electron chi connectivity index (χ4n) is 1.33. The summed E-state index contributed by atoms with van der Waals surface area (Å²) < 4.78 is 1.22. The summed E-state index contributed by atoms with van der Waals surface area (Å²) in [7, 11) is 0. The fraction of sp³-hybridized carbons (Fsp3) is 0.636. The number of unbranched alkanes of at least 4 members (excludes halogenated alkanes) is 2. The van der Waals surface area contributed by atoms with Crippen LogP contribution in [-0.2, 0) is 6.54 Å². The maximum Gasteiger partial charge on any atom is 0.0701 e. The summed E-state index contributed by atoms with van der Waals surface area (Å²) in [5.41, 5.74) is 0. The van der Waals surface area contributed by atoms with Crippen molar-refractivity contribution in [1.29, 1.82) is 0 Å². The molecule has 15 heavy (non-hydrogen) atoms. The van der Waals surface area contributed by atoms with Gasteiger partial charge in [-0.1, -0.05) is 6.42 Å². The van der Waals surface area contributed by atoms with E-state index < -0.39 is 0 Å². The van der Waals surface area contributed by atoms with Crippen LogP contribution in [0, 0.1) is 0 Å². The van der Waals surface area contributed by atoms with Crippen molar-refractivity contribution >= 4 is 39.0 Å². The highest BCUT2D eigenvalue weighted by Gasteiger charge is 1.96. The zero-order valence-electron chi connectivity index (χ0n) is 9.09. The molecule has 1 heterocycles. The zero-order chi connectivity index (χ0) is 10.9. The number of hydrogen-bond donors (Lipinski definition) is 1. The molecule has 1 aromatic rings. The van der Waals surface area contributed by atoms with Crippen molar-refractivity contribution in [3.63, 3.8) is 0 Å². The molecule has 0 saturated carbocycles. The predicted molar refractivity (Wildman–Crippen MR) is 76.0 cm³/mol. The molecule has 0 radical (unpaired) electrons. The maximum atomic E-state index is 3.47. The first-order valence-corrected chi connectivity index (χ1v) is 8.27. The van der Waals surface area contributed by atoms with E-state index in [0.717, 1.165) is 13.1 Å². The summed E-state index contributed by atoms with van der Waals surface area (Å²) >= 11 is 7.22. The quantitative estimate of drug-likeness (QED) is 0.725. The molecule has 0 aliphatic rings. The van der Waals surface area contributed by atoms with Gasteiger partial charge in [-0.2, -0.15) is 11.8 Å². The molecule has 1 nitrogen and oxygen atoms in total. The largest absolute Gasteiger partial charge is 0.312 e. The van der Waals surface area contributed by atoms with Crippen LogP contribution in [0.25, 0.3) is 0 Å². The van der Waals surface area contributed by atoms with Crippen molar-refractivity contribution in [1.82, 2.24) is 5.32 Å². The van der Waals surface area contributed by atoms with Crippen LogP contribution >= 0.6 is 39.0 Å². The smallest absolute Gasteiger partial charge is 0.0701 e. The molecule has 0 unspecified atom stereocenters. The lowest BCUT2D eigenvalue weighted by atomic mass is 10.2. The van der Waals surface area contributed by atoms with Gasteiger partial charge in [0.25, 0.3) is 0 Å². The van der Waals surface area contributed by atoms with Gasteiger partial charge in [0.05, 0.1) is 3.79 Å². The van der Waals surface area contributed by atoms with Gasteiger partial charge in [-0.15, -0.1) is 11.3 Å². The van der Waals surface area contributed by atoms with Gasteiger partial charge in [0.1, 0.15) is 0 Å². The fourth-order valence-corrected chi connectivity index (χ4v) is 3.28. The molecule has 0 aliphatic carbocycles. The lowest BCUT2D eigenvalue weighted by Gasteiger charge is -2.02. The molecule has 1 N–H and O–H groups in total. The average molecular weight is 308 g/mol. The Morgan fingerprint density at radius 3 is 2.87 bits per heavy atom. The number of hydrogen-bond acceptors (Lipinski definition) is 3. The molecule has 0 bridgehead atoms. The minimum atomic E-state index is 1.01. The molecule has 0 atom stereocenters.